The van der Waals surface area contributed by atoms with E-state index < -0.39 is 12.1 Å². The highest BCUT2D eigenvalue weighted by Gasteiger charge is 2.16. The first-order valence-corrected chi connectivity index (χ1v) is 8.82. The molecule has 0 amide bonds. The Labute approximate surface area is 159 Å². The van der Waals surface area contributed by atoms with E-state index in [-0.39, 0.29) is 18.6 Å². The summed E-state index contributed by atoms with van der Waals surface area (Å²) in [6, 6.07) is 9.96. The third kappa shape index (κ3) is 5.34. The van der Waals surface area contributed by atoms with Crippen LogP contribution in [-0.2, 0) is 14.3 Å². The SMILES string of the molecule is COC(=O)CC(O)CC(=O)/C=C/c1c(C)nc(C)c(C)c1-c1ccccc1. The van der Waals surface area contributed by atoms with E-state index in [1.807, 2.05) is 51.1 Å². The van der Waals surface area contributed by atoms with Crippen LogP contribution in [0.4, 0.5) is 0 Å². The molecule has 142 valence electrons. The van der Waals surface area contributed by atoms with Gasteiger partial charge in [-0.1, -0.05) is 30.3 Å². The molecular weight excluding hydrogens is 342 g/mol. The van der Waals surface area contributed by atoms with E-state index in [0.29, 0.717) is 0 Å². The Hall–Kier alpha value is -2.79. The predicted molar refractivity (Wildman–Crippen MR) is 105 cm³/mol. The summed E-state index contributed by atoms with van der Waals surface area (Å²) in [5.74, 6) is -0.803. The Morgan fingerprint density at radius 3 is 2.41 bits per heavy atom. The van der Waals surface area contributed by atoms with Crippen LogP contribution in [0.3, 0.4) is 0 Å². The molecule has 0 radical (unpaired) electrons. The number of aliphatic hydroxyl groups excluding tert-OH is 1. The normalized spacial score (nSPS) is 12.2. The lowest BCUT2D eigenvalue weighted by molar-refractivity contribution is -0.143. The second kappa shape index (κ2) is 9.24. The van der Waals surface area contributed by atoms with Gasteiger partial charge >= 0.3 is 5.97 Å². The lowest BCUT2D eigenvalue weighted by Gasteiger charge is -2.15. The first-order chi connectivity index (χ1) is 12.8. The smallest absolute Gasteiger partial charge is 0.308 e. The summed E-state index contributed by atoms with van der Waals surface area (Å²) in [4.78, 5) is 27.9. The fraction of sp³-hybridized carbons (Fsp3) is 0.318. The minimum Gasteiger partial charge on any atom is -0.469 e. The Morgan fingerprint density at radius 2 is 1.78 bits per heavy atom. The van der Waals surface area contributed by atoms with Crippen LogP contribution in [0, 0.1) is 20.8 Å². The van der Waals surface area contributed by atoms with Crippen LogP contribution in [0.15, 0.2) is 36.4 Å². The van der Waals surface area contributed by atoms with E-state index in [1.54, 1.807) is 6.08 Å². The van der Waals surface area contributed by atoms with Crippen LogP contribution in [0.2, 0.25) is 0 Å². The van der Waals surface area contributed by atoms with Crippen molar-refractivity contribution in [3.63, 3.8) is 0 Å². The van der Waals surface area contributed by atoms with Gasteiger partial charge in [-0.3, -0.25) is 14.6 Å². The molecule has 0 bridgehead atoms. The van der Waals surface area contributed by atoms with Crippen molar-refractivity contribution in [2.75, 3.05) is 7.11 Å². The predicted octanol–water partition coefficient (Wildman–Crippen LogP) is 3.57. The van der Waals surface area contributed by atoms with Gasteiger partial charge in [0.05, 0.1) is 19.6 Å². The van der Waals surface area contributed by atoms with Gasteiger partial charge in [-0.05, 0) is 49.6 Å². The quantitative estimate of drug-likeness (QED) is 0.598. The molecule has 1 aromatic carbocycles. The van der Waals surface area contributed by atoms with Gasteiger partial charge in [0.15, 0.2) is 5.78 Å². The summed E-state index contributed by atoms with van der Waals surface area (Å²) in [7, 11) is 1.25. The molecule has 0 saturated carbocycles. The Morgan fingerprint density at radius 1 is 1.11 bits per heavy atom. The van der Waals surface area contributed by atoms with E-state index in [0.717, 1.165) is 33.6 Å². The fourth-order valence-corrected chi connectivity index (χ4v) is 2.96. The number of carbonyl (C=O) groups is 2. The maximum Gasteiger partial charge on any atom is 0.308 e. The van der Waals surface area contributed by atoms with Crippen molar-refractivity contribution in [2.45, 2.75) is 39.7 Å². The third-order valence-electron chi connectivity index (χ3n) is 4.48. The zero-order chi connectivity index (χ0) is 20.0. The number of ether oxygens (including phenoxy) is 1. The molecule has 0 fully saturated rings. The van der Waals surface area contributed by atoms with Crippen LogP contribution in [0.1, 0.15) is 35.4 Å². The van der Waals surface area contributed by atoms with Crippen LogP contribution >= 0.6 is 0 Å². The van der Waals surface area contributed by atoms with Crippen molar-refractivity contribution < 1.29 is 19.4 Å². The summed E-state index contributed by atoms with van der Waals surface area (Å²) in [6.07, 6.45) is 1.79. The molecule has 5 heteroatoms. The number of rotatable bonds is 7. The summed E-state index contributed by atoms with van der Waals surface area (Å²) in [5, 5.41) is 9.82. The van der Waals surface area contributed by atoms with Crippen LogP contribution in [0.5, 0.6) is 0 Å². The van der Waals surface area contributed by atoms with Gasteiger partial charge in [-0.2, -0.15) is 0 Å². The Balaban J connectivity index is 2.30. The average molecular weight is 367 g/mol. The maximum absolute atomic E-state index is 12.2. The molecule has 1 heterocycles. The number of carbonyl (C=O) groups excluding carboxylic acids is 2. The molecular formula is C22H25NO4. The molecule has 0 saturated heterocycles. The molecule has 0 aliphatic carbocycles. The number of esters is 1. The van der Waals surface area contributed by atoms with Gasteiger partial charge < -0.3 is 9.84 Å². The molecule has 1 atom stereocenters. The van der Waals surface area contributed by atoms with Gasteiger partial charge in [0.25, 0.3) is 0 Å². The van der Waals surface area contributed by atoms with Crippen LogP contribution < -0.4 is 0 Å². The topological polar surface area (TPSA) is 76.5 Å². The minimum absolute atomic E-state index is 0.135. The molecule has 5 nitrogen and oxygen atoms in total. The zero-order valence-electron chi connectivity index (χ0n) is 16.2. The number of aliphatic hydroxyl groups is 1. The molecule has 1 unspecified atom stereocenters. The molecule has 0 aliphatic rings. The number of pyridine rings is 1. The van der Waals surface area contributed by atoms with Crippen molar-refractivity contribution in [3.05, 3.63) is 58.9 Å². The summed E-state index contributed by atoms with van der Waals surface area (Å²) in [5.41, 5.74) is 5.81. The number of aromatic nitrogens is 1. The standard InChI is InChI=1S/C22H25NO4/c1-14-15(2)23-16(3)20(22(14)17-8-6-5-7-9-17)11-10-18(24)12-19(25)13-21(26)27-4/h5-11,19,25H,12-13H2,1-4H3/b11-10+. The van der Waals surface area contributed by atoms with E-state index in [9.17, 15) is 14.7 Å². The first kappa shape index (κ1) is 20.5. The maximum atomic E-state index is 12.2. The van der Waals surface area contributed by atoms with Gasteiger partial charge in [-0.15, -0.1) is 0 Å². The van der Waals surface area contributed by atoms with Crippen molar-refractivity contribution in [1.82, 2.24) is 4.98 Å². The molecule has 1 N–H and O–H groups in total. The highest BCUT2D eigenvalue weighted by atomic mass is 16.5. The van der Waals surface area contributed by atoms with Gasteiger partial charge in [-0.25, -0.2) is 0 Å². The lowest BCUT2D eigenvalue weighted by Crippen LogP contribution is -2.17. The third-order valence-corrected chi connectivity index (χ3v) is 4.48. The number of hydrogen-bond donors (Lipinski definition) is 1. The largest absolute Gasteiger partial charge is 0.469 e. The molecule has 27 heavy (non-hydrogen) atoms. The molecule has 2 aromatic rings. The molecule has 2 rings (SSSR count). The molecule has 1 aromatic heterocycles. The van der Waals surface area contributed by atoms with Crippen molar-refractivity contribution in [1.29, 1.82) is 0 Å². The van der Waals surface area contributed by atoms with Crippen LogP contribution in [0.25, 0.3) is 17.2 Å². The lowest BCUT2D eigenvalue weighted by atomic mass is 9.93. The van der Waals surface area contributed by atoms with Crippen molar-refractivity contribution >= 4 is 17.8 Å². The Bertz CT molecular complexity index is 856. The van der Waals surface area contributed by atoms with Crippen molar-refractivity contribution in [3.8, 4) is 11.1 Å². The molecule has 0 spiro atoms. The van der Waals surface area contributed by atoms with Crippen molar-refractivity contribution in [2.24, 2.45) is 0 Å². The zero-order valence-corrected chi connectivity index (χ0v) is 16.2. The average Bonchev–Trinajstić information content (AvgIpc) is 2.63. The Kier molecular flexibility index (Phi) is 7.02. The van der Waals surface area contributed by atoms with E-state index in [4.69, 9.17) is 0 Å². The second-order valence-corrected chi connectivity index (χ2v) is 6.50. The van der Waals surface area contributed by atoms with Gasteiger partial charge in [0.1, 0.15) is 0 Å². The molecule has 0 aliphatic heterocycles. The number of allylic oxidation sites excluding steroid dienone is 1. The fourth-order valence-electron chi connectivity index (χ4n) is 2.96. The number of nitrogens with zero attached hydrogens (tertiary/aromatic N) is 1. The first-order valence-electron chi connectivity index (χ1n) is 8.82. The van der Waals surface area contributed by atoms with Gasteiger partial charge in [0, 0.05) is 23.4 Å². The number of benzene rings is 1. The highest BCUT2D eigenvalue weighted by molar-refractivity contribution is 5.95. The van der Waals surface area contributed by atoms with E-state index >= 15 is 0 Å². The van der Waals surface area contributed by atoms with Gasteiger partial charge in [0.2, 0.25) is 0 Å². The number of ketones is 1. The minimum atomic E-state index is -1.05. The summed E-state index contributed by atoms with van der Waals surface area (Å²) >= 11 is 0. The summed E-state index contributed by atoms with van der Waals surface area (Å²) < 4.78 is 4.50. The monoisotopic (exact) mass is 367 g/mol. The van der Waals surface area contributed by atoms with E-state index in [2.05, 4.69) is 9.72 Å². The number of aryl methyl sites for hydroxylation is 2. The number of methoxy groups -OCH3 is 1. The summed E-state index contributed by atoms with van der Waals surface area (Å²) in [6.45, 7) is 5.90. The highest BCUT2D eigenvalue weighted by Crippen LogP contribution is 2.31. The van der Waals surface area contributed by atoms with Crippen LogP contribution in [-0.4, -0.2) is 35.1 Å². The second-order valence-electron chi connectivity index (χ2n) is 6.50. The number of hydrogen-bond acceptors (Lipinski definition) is 5. The van der Waals surface area contributed by atoms with E-state index in [1.165, 1.54) is 13.2 Å².